The maximum absolute atomic E-state index is 12.5. The molecule has 1 aliphatic rings. The minimum Gasteiger partial charge on any atom is -0.350 e. The van der Waals surface area contributed by atoms with E-state index in [-0.39, 0.29) is 23.9 Å². The van der Waals surface area contributed by atoms with Gasteiger partial charge in [0.1, 0.15) is 0 Å². The summed E-state index contributed by atoms with van der Waals surface area (Å²) in [6.07, 6.45) is 0. The second-order valence-corrected chi connectivity index (χ2v) is 9.34. The Morgan fingerprint density at radius 2 is 1.31 bits per heavy atom. The summed E-state index contributed by atoms with van der Waals surface area (Å²) in [5.74, 6) is 0.0261. The zero-order chi connectivity index (χ0) is 19.5. The number of rotatable bonds is 4. The molecule has 1 aromatic rings. The van der Waals surface area contributed by atoms with Crippen LogP contribution < -0.4 is 10.6 Å². The normalized spacial score (nSPS) is 21.5. The molecule has 1 aliphatic heterocycles. The SMILES string of the molecule is CC(C)(C)C(=O)NC1CN(Cc2ccccc2)CC1NC(=O)C(C)(C)C. The first-order chi connectivity index (χ1) is 12.0. The predicted molar refractivity (Wildman–Crippen MR) is 104 cm³/mol. The fourth-order valence-corrected chi connectivity index (χ4v) is 2.92. The van der Waals surface area contributed by atoms with E-state index in [1.807, 2.05) is 59.7 Å². The highest BCUT2D eigenvalue weighted by molar-refractivity contribution is 5.83. The molecule has 0 radical (unpaired) electrons. The molecule has 5 heteroatoms. The fourth-order valence-electron chi connectivity index (χ4n) is 2.92. The molecule has 0 spiro atoms. The Balaban J connectivity index is 2.09. The molecule has 1 heterocycles. The number of nitrogens with zero attached hydrogens (tertiary/aromatic N) is 1. The van der Waals surface area contributed by atoms with Crippen LogP contribution in [0.15, 0.2) is 30.3 Å². The Kier molecular flexibility index (Phi) is 6.12. The molecule has 1 aromatic carbocycles. The van der Waals surface area contributed by atoms with E-state index in [0.717, 1.165) is 19.6 Å². The van der Waals surface area contributed by atoms with E-state index in [1.165, 1.54) is 5.56 Å². The van der Waals surface area contributed by atoms with Crippen LogP contribution in [-0.4, -0.2) is 41.9 Å². The fraction of sp³-hybridized carbons (Fsp3) is 0.619. The minimum atomic E-state index is -0.453. The van der Waals surface area contributed by atoms with Gasteiger partial charge in [0.2, 0.25) is 11.8 Å². The van der Waals surface area contributed by atoms with Gasteiger partial charge in [0.15, 0.2) is 0 Å². The topological polar surface area (TPSA) is 61.4 Å². The van der Waals surface area contributed by atoms with Crippen molar-refractivity contribution < 1.29 is 9.59 Å². The van der Waals surface area contributed by atoms with Crippen LogP contribution >= 0.6 is 0 Å². The van der Waals surface area contributed by atoms with Gasteiger partial charge < -0.3 is 10.6 Å². The third kappa shape index (κ3) is 5.56. The lowest BCUT2D eigenvalue weighted by Gasteiger charge is -2.27. The standard InChI is InChI=1S/C21H33N3O2/c1-20(2,3)18(25)22-16-13-24(12-15-10-8-7-9-11-15)14-17(16)23-19(26)21(4,5)6/h7-11,16-17H,12-14H2,1-6H3,(H,22,25)(H,23,26). The lowest BCUT2D eigenvalue weighted by Crippen LogP contribution is -2.54. The van der Waals surface area contributed by atoms with E-state index in [1.54, 1.807) is 0 Å². The molecular formula is C21H33N3O2. The van der Waals surface area contributed by atoms with Crippen LogP contribution in [0.3, 0.4) is 0 Å². The Bertz CT molecular complexity index is 593. The minimum absolute atomic E-state index is 0.0130. The molecule has 2 unspecified atom stereocenters. The van der Waals surface area contributed by atoms with Gasteiger partial charge in [0, 0.05) is 30.5 Å². The quantitative estimate of drug-likeness (QED) is 0.869. The molecule has 1 saturated heterocycles. The van der Waals surface area contributed by atoms with Crippen molar-refractivity contribution in [3.8, 4) is 0 Å². The molecule has 1 fully saturated rings. The number of carbonyl (C=O) groups is 2. The molecule has 2 atom stereocenters. The zero-order valence-electron chi connectivity index (χ0n) is 16.9. The highest BCUT2D eigenvalue weighted by atomic mass is 16.2. The molecule has 2 amide bonds. The van der Waals surface area contributed by atoms with E-state index in [2.05, 4.69) is 27.7 Å². The summed E-state index contributed by atoms with van der Waals surface area (Å²) in [7, 11) is 0. The van der Waals surface area contributed by atoms with Crippen molar-refractivity contribution in [2.75, 3.05) is 13.1 Å². The van der Waals surface area contributed by atoms with Crippen LogP contribution in [0.25, 0.3) is 0 Å². The number of hydrogen-bond donors (Lipinski definition) is 2. The van der Waals surface area contributed by atoms with E-state index in [9.17, 15) is 9.59 Å². The van der Waals surface area contributed by atoms with Crippen molar-refractivity contribution in [3.05, 3.63) is 35.9 Å². The van der Waals surface area contributed by atoms with Crippen LogP contribution in [0, 0.1) is 10.8 Å². The molecule has 0 bridgehead atoms. The molecule has 0 aliphatic carbocycles. The summed E-state index contributed by atoms with van der Waals surface area (Å²) in [5.41, 5.74) is 0.327. The number of benzene rings is 1. The van der Waals surface area contributed by atoms with Gasteiger partial charge in [-0.1, -0.05) is 71.9 Å². The number of likely N-dealkylation sites (tertiary alicyclic amines) is 1. The molecule has 5 nitrogen and oxygen atoms in total. The maximum atomic E-state index is 12.5. The number of nitrogens with one attached hydrogen (secondary N) is 2. The van der Waals surface area contributed by atoms with Gasteiger partial charge in [-0.2, -0.15) is 0 Å². The van der Waals surface area contributed by atoms with Crippen molar-refractivity contribution >= 4 is 11.8 Å². The Labute approximate surface area is 157 Å². The van der Waals surface area contributed by atoms with Gasteiger partial charge in [-0.3, -0.25) is 14.5 Å². The Morgan fingerprint density at radius 1 is 0.885 bits per heavy atom. The van der Waals surface area contributed by atoms with Gasteiger partial charge >= 0.3 is 0 Å². The van der Waals surface area contributed by atoms with Crippen LogP contribution in [-0.2, 0) is 16.1 Å². The first-order valence-corrected chi connectivity index (χ1v) is 9.35. The largest absolute Gasteiger partial charge is 0.350 e. The van der Waals surface area contributed by atoms with Crippen molar-refractivity contribution in [3.63, 3.8) is 0 Å². The first kappa shape index (κ1) is 20.4. The second kappa shape index (κ2) is 7.78. The highest BCUT2D eigenvalue weighted by Crippen LogP contribution is 2.20. The van der Waals surface area contributed by atoms with Crippen LogP contribution in [0.4, 0.5) is 0 Å². The molecule has 144 valence electrons. The average Bonchev–Trinajstić information content (AvgIpc) is 2.87. The third-order valence-corrected chi connectivity index (χ3v) is 4.64. The van der Waals surface area contributed by atoms with E-state index in [0.29, 0.717) is 0 Å². The average molecular weight is 360 g/mol. The molecule has 26 heavy (non-hydrogen) atoms. The number of carbonyl (C=O) groups excluding carboxylic acids is 2. The summed E-state index contributed by atoms with van der Waals surface area (Å²) in [4.78, 5) is 27.2. The van der Waals surface area contributed by atoms with E-state index >= 15 is 0 Å². The lowest BCUT2D eigenvalue weighted by molar-refractivity contribution is -0.131. The monoisotopic (exact) mass is 359 g/mol. The highest BCUT2D eigenvalue weighted by Gasteiger charge is 2.38. The first-order valence-electron chi connectivity index (χ1n) is 9.35. The summed E-state index contributed by atoms with van der Waals surface area (Å²) in [6.45, 7) is 13.7. The second-order valence-electron chi connectivity index (χ2n) is 9.34. The number of amides is 2. The molecule has 2 rings (SSSR count). The summed E-state index contributed by atoms with van der Waals surface area (Å²) in [6, 6.07) is 10.1. The summed E-state index contributed by atoms with van der Waals surface area (Å²) in [5, 5.41) is 6.29. The zero-order valence-corrected chi connectivity index (χ0v) is 16.9. The molecule has 2 N–H and O–H groups in total. The Hall–Kier alpha value is -1.88. The maximum Gasteiger partial charge on any atom is 0.225 e. The van der Waals surface area contributed by atoms with Gasteiger partial charge in [-0.25, -0.2) is 0 Å². The number of hydrogen-bond acceptors (Lipinski definition) is 3. The van der Waals surface area contributed by atoms with Gasteiger partial charge in [-0.15, -0.1) is 0 Å². The van der Waals surface area contributed by atoms with Gasteiger partial charge in [0.25, 0.3) is 0 Å². The van der Waals surface area contributed by atoms with Crippen molar-refractivity contribution in [1.29, 1.82) is 0 Å². The van der Waals surface area contributed by atoms with Crippen LogP contribution in [0.1, 0.15) is 47.1 Å². The summed E-state index contributed by atoms with van der Waals surface area (Å²) >= 11 is 0. The summed E-state index contributed by atoms with van der Waals surface area (Å²) < 4.78 is 0. The third-order valence-electron chi connectivity index (χ3n) is 4.64. The van der Waals surface area contributed by atoms with Gasteiger partial charge in [-0.05, 0) is 5.56 Å². The van der Waals surface area contributed by atoms with E-state index < -0.39 is 10.8 Å². The van der Waals surface area contributed by atoms with E-state index in [4.69, 9.17) is 0 Å². The smallest absolute Gasteiger partial charge is 0.225 e. The van der Waals surface area contributed by atoms with Gasteiger partial charge in [0.05, 0.1) is 12.1 Å². The Morgan fingerprint density at radius 3 is 1.69 bits per heavy atom. The van der Waals surface area contributed by atoms with Crippen LogP contribution in [0.2, 0.25) is 0 Å². The van der Waals surface area contributed by atoms with Crippen molar-refractivity contribution in [2.24, 2.45) is 10.8 Å². The lowest BCUT2D eigenvalue weighted by atomic mass is 9.93. The predicted octanol–water partition coefficient (Wildman–Crippen LogP) is 2.56. The van der Waals surface area contributed by atoms with Crippen LogP contribution in [0.5, 0.6) is 0 Å². The molecule has 0 saturated carbocycles. The van der Waals surface area contributed by atoms with Crippen molar-refractivity contribution in [1.82, 2.24) is 15.5 Å². The molecule has 0 aromatic heterocycles. The van der Waals surface area contributed by atoms with Crippen molar-refractivity contribution in [2.45, 2.75) is 60.2 Å². The molecular weight excluding hydrogens is 326 g/mol.